The second-order valence-electron chi connectivity index (χ2n) is 5.27. The van der Waals surface area contributed by atoms with Gasteiger partial charge in [-0.3, -0.25) is 4.79 Å². The standard InChI is InChI=1S/C15H22Br2N2O2/c1-4-11(18)5-10-6-12(16)15(13(17)7-10)21-8-14(20)19-9(2)3/h6-7,9,11H,4-5,8,18H2,1-3H3,(H,19,20). The maximum Gasteiger partial charge on any atom is 0.258 e. The number of hydrogen-bond donors (Lipinski definition) is 2. The molecule has 0 fully saturated rings. The minimum absolute atomic E-state index is 0.0107. The van der Waals surface area contributed by atoms with Crippen LogP contribution >= 0.6 is 31.9 Å². The van der Waals surface area contributed by atoms with Crippen LogP contribution in [0.1, 0.15) is 32.8 Å². The Morgan fingerprint density at radius 1 is 1.33 bits per heavy atom. The van der Waals surface area contributed by atoms with Crippen LogP contribution in [0.3, 0.4) is 0 Å². The smallest absolute Gasteiger partial charge is 0.258 e. The number of benzene rings is 1. The zero-order valence-corrected chi connectivity index (χ0v) is 15.8. The van der Waals surface area contributed by atoms with E-state index in [4.69, 9.17) is 10.5 Å². The lowest BCUT2D eigenvalue weighted by molar-refractivity contribution is -0.123. The molecule has 3 N–H and O–H groups in total. The van der Waals surface area contributed by atoms with Crippen molar-refractivity contribution < 1.29 is 9.53 Å². The van der Waals surface area contributed by atoms with Crippen LogP contribution in [0.5, 0.6) is 5.75 Å². The average Bonchev–Trinajstić information content (AvgIpc) is 2.36. The molecular formula is C15H22Br2N2O2. The Labute approximate surface area is 143 Å². The summed E-state index contributed by atoms with van der Waals surface area (Å²) in [5.74, 6) is 0.489. The number of nitrogens with two attached hydrogens (primary N) is 1. The molecule has 0 spiro atoms. The van der Waals surface area contributed by atoms with Gasteiger partial charge >= 0.3 is 0 Å². The van der Waals surface area contributed by atoms with Crippen molar-refractivity contribution in [3.63, 3.8) is 0 Å². The monoisotopic (exact) mass is 420 g/mol. The first kappa shape index (κ1) is 18.5. The first-order valence-corrected chi connectivity index (χ1v) is 8.57. The third-order valence-electron chi connectivity index (χ3n) is 2.88. The molecule has 0 saturated carbocycles. The van der Waals surface area contributed by atoms with Gasteiger partial charge in [0, 0.05) is 12.1 Å². The van der Waals surface area contributed by atoms with Crippen molar-refractivity contribution >= 4 is 37.8 Å². The Morgan fingerprint density at radius 2 is 1.90 bits per heavy atom. The summed E-state index contributed by atoms with van der Waals surface area (Å²) >= 11 is 6.97. The topological polar surface area (TPSA) is 64.3 Å². The van der Waals surface area contributed by atoms with Crippen molar-refractivity contribution in [1.29, 1.82) is 0 Å². The number of ether oxygens (including phenoxy) is 1. The number of nitrogens with one attached hydrogen (secondary N) is 1. The van der Waals surface area contributed by atoms with Gasteiger partial charge in [-0.2, -0.15) is 0 Å². The molecule has 0 aliphatic rings. The van der Waals surface area contributed by atoms with Gasteiger partial charge in [-0.05, 0) is 76.2 Å². The normalized spacial score (nSPS) is 12.3. The molecular weight excluding hydrogens is 400 g/mol. The van der Waals surface area contributed by atoms with E-state index in [1.807, 2.05) is 26.0 Å². The molecule has 0 aromatic heterocycles. The van der Waals surface area contributed by atoms with Gasteiger partial charge < -0.3 is 15.8 Å². The van der Waals surface area contributed by atoms with Crippen LogP contribution in [0.25, 0.3) is 0 Å². The largest absolute Gasteiger partial charge is 0.481 e. The fourth-order valence-corrected chi connectivity index (χ4v) is 3.33. The van der Waals surface area contributed by atoms with E-state index in [9.17, 15) is 4.79 Å². The van der Waals surface area contributed by atoms with Crippen LogP contribution in [0.15, 0.2) is 21.1 Å². The number of halogens is 2. The molecule has 1 atom stereocenters. The fourth-order valence-electron chi connectivity index (χ4n) is 1.82. The van der Waals surface area contributed by atoms with Gasteiger partial charge in [0.05, 0.1) is 8.95 Å². The highest BCUT2D eigenvalue weighted by Gasteiger charge is 2.13. The van der Waals surface area contributed by atoms with Crippen molar-refractivity contribution in [3.8, 4) is 5.75 Å². The quantitative estimate of drug-likeness (QED) is 0.709. The van der Waals surface area contributed by atoms with Gasteiger partial charge in [-0.15, -0.1) is 0 Å². The summed E-state index contributed by atoms with van der Waals surface area (Å²) in [6.45, 7) is 5.88. The SMILES string of the molecule is CCC(N)Cc1cc(Br)c(OCC(=O)NC(C)C)c(Br)c1. The van der Waals surface area contributed by atoms with Crippen molar-refractivity contribution in [1.82, 2.24) is 5.32 Å². The molecule has 1 amide bonds. The van der Waals surface area contributed by atoms with Crippen LogP contribution in [-0.4, -0.2) is 24.6 Å². The number of rotatable bonds is 7. The van der Waals surface area contributed by atoms with Gasteiger partial charge in [0.15, 0.2) is 6.61 Å². The first-order chi connectivity index (χ1) is 9.83. The van der Waals surface area contributed by atoms with E-state index in [1.165, 1.54) is 0 Å². The van der Waals surface area contributed by atoms with E-state index in [0.717, 1.165) is 27.4 Å². The molecule has 0 aliphatic heterocycles. The molecule has 21 heavy (non-hydrogen) atoms. The van der Waals surface area contributed by atoms with Crippen molar-refractivity contribution in [2.75, 3.05) is 6.61 Å². The summed E-state index contributed by atoms with van der Waals surface area (Å²) in [5.41, 5.74) is 7.10. The van der Waals surface area contributed by atoms with Crippen LogP contribution in [0, 0.1) is 0 Å². The molecule has 1 aromatic rings. The second-order valence-corrected chi connectivity index (χ2v) is 6.98. The van der Waals surface area contributed by atoms with E-state index < -0.39 is 0 Å². The zero-order valence-electron chi connectivity index (χ0n) is 12.6. The maximum atomic E-state index is 11.6. The zero-order chi connectivity index (χ0) is 16.0. The van der Waals surface area contributed by atoms with Crippen LogP contribution in [-0.2, 0) is 11.2 Å². The maximum absolute atomic E-state index is 11.6. The van der Waals surface area contributed by atoms with Gasteiger partial charge in [-0.25, -0.2) is 0 Å². The molecule has 1 unspecified atom stereocenters. The molecule has 1 rings (SSSR count). The number of carbonyl (C=O) groups is 1. The Bertz CT molecular complexity index is 470. The van der Waals surface area contributed by atoms with E-state index in [-0.39, 0.29) is 24.6 Å². The summed E-state index contributed by atoms with van der Waals surface area (Å²) in [5, 5.41) is 2.79. The predicted molar refractivity (Wildman–Crippen MR) is 92.6 cm³/mol. The van der Waals surface area contributed by atoms with Crippen LogP contribution < -0.4 is 15.8 Å². The number of hydrogen-bond acceptors (Lipinski definition) is 3. The molecule has 4 nitrogen and oxygen atoms in total. The van der Waals surface area contributed by atoms with Gasteiger partial charge in [0.1, 0.15) is 5.75 Å². The highest BCUT2D eigenvalue weighted by molar-refractivity contribution is 9.11. The average molecular weight is 422 g/mol. The molecule has 0 heterocycles. The van der Waals surface area contributed by atoms with Crippen molar-refractivity contribution in [2.24, 2.45) is 5.73 Å². The third kappa shape index (κ3) is 6.36. The van der Waals surface area contributed by atoms with Gasteiger partial charge in [-0.1, -0.05) is 6.92 Å². The first-order valence-electron chi connectivity index (χ1n) is 6.99. The third-order valence-corrected chi connectivity index (χ3v) is 4.06. The Morgan fingerprint density at radius 3 is 2.38 bits per heavy atom. The highest BCUT2D eigenvalue weighted by atomic mass is 79.9. The second kappa shape index (κ2) is 8.76. The van der Waals surface area contributed by atoms with Crippen LogP contribution in [0.2, 0.25) is 0 Å². The molecule has 0 aliphatic carbocycles. The summed E-state index contributed by atoms with van der Waals surface area (Å²) < 4.78 is 7.20. The lowest BCUT2D eigenvalue weighted by atomic mass is 10.0. The number of carbonyl (C=O) groups excluding carboxylic acids is 1. The summed E-state index contributed by atoms with van der Waals surface area (Å²) in [6.07, 6.45) is 1.74. The molecule has 6 heteroatoms. The van der Waals surface area contributed by atoms with E-state index in [0.29, 0.717) is 5.75 Å². The lowest BCUT2D eigenvalue weighted by Crippen LogP contribution is -2.34. The Kier molecular flexibility index (Phi) is 7.70. The molecule has 0 saturated heterocycles. The van der Waals surface area contributed by atoms with Crippen molar-refractivity contribution in [2.45, 2.75) is 45.7 Å². The van der Waals surface area contributed by atoms with Gasteiger partial charge in [0.25, 0.3) is 5.91 Å². The summed E-state index contributed by atoms with van der Waals surface area (Å²) in [4.78, 5) is 11.6. The Balaban J connectivity index is 2.73. The summed E-state index contributed by atoms with van der Waals surface area (Å²) in [6, 6.07) is 4.21. The summed E-state index contributed by atoms with van der Waals surface area (Å²) in [7, 11) is 0. The molecule has 1 aromatic carbocycles. The van der Waals surface area contributed by atoms with Gasteiger partial charge in [0.2, 0.25) is 0 Å². The van der Waals surface area contributed by atoms with Crippen LogP contribution in [0.4, 0.5) is 0 Å². The molecule has 0 radical (unpaired) electrons. The number of amides is 1. The van der Waals surface area contributed by atoms with Crippen molar-refractivity contribution in [3.05, 3.63) is 26.6 Å². The molecule has 118 valence electrons. The van der Waals surface area contributed by atoms with E-state index in [1.54, 1.807) is 0 Å². The highest BCUT2D eigenvalue weighted by Crippen LogP contribution is 2.35. The molecule has 0 bridgehead atoms. The van der Waals surface area contributed by atoms with E-state index in [2.05, 4.69) is 44.1 Å². The Hall–Kier alpha value is -0.590. The predicted octanol–water partition coefficient (Wildman–Crippen LogP) is 3.39. The minimum atomic E-state index is -0.138. The fraction of sp³-hybridized carbons (Fsp3) is 0.533. The lowest BCUT2D eigenvalue weighted by Gasteiger charge is -2.14. The minimum Gasteiger partial charge on any atom is -0.481 e. The van der Waals surface area contributed by atoms with E-state index >= 15 is 0 Å².